The van der Waals surface area contributed by atoms with Crippen LogP contribution < -0.4 is 0 Å². The molecule has 0 aliphatic carbocycles. The molecule has 1 rings (SSSR count). The molecule has 0 heterocycles. The molecule has 0 aliphatic heterocycles. The predicted octanol–water partition coefficient (Wildman–Crippen LogP) is 3.01. The highest BCUT2D eigenvalue weighted by Crippen LogP contribution is 2.02. The third-order valence-electron chi connectivity index (χ3n) is 1.61. The predicted molar refractivity (Wildman–Crippen MR) is 49.3 cm³/mol. The van der Waals surface area contributed by atoms with E-state index in [4.69, 9.17) is 0 Å². The first-order valence-electron chi connectivity index (χ1n) is 3.91. The Balaban J connectivity index is 2.39. The van der Waals surface area contributed by atoms with Gasteiger partial charge in [-0.25, -0.2) is 0 Å². The first kappa shape index (κ1) is 8.06. The molecule has 1 aromatic rings. The number of hydrogen-bond donors (Lipinski definition) is 0. The maximum absolute atomic E-state index is 3.64. The van der Waals surface area contributed by atoms with Gasteiger partial charge in [0.05, 0.1) is 0 Å². The minimum absolute atomic E-state index is 1.09. The van der Waals surface area contributed by atoms with Gasteiger partial charge < -0.3 is 0 Å². The highest BCUT2D eigenvalue weighted by atomic mass is 13.9. The summed E-state index contributed by atoms with van der Waals surface area (Å²) in [5.74, 6) is 0. The summed E-state index contributed by atoms with van der Waals surface area (Å²) in [4.78, 5) is 0. The maximum Gasteiger partial charge on any atom is -0.0244 e. The van der Waals surface area contributed by atoms with Crippen molar-refractivity contribution >= 4 is 0 Å². The molecule has 1 radical (unpaired) electrons. The van der Waals surface area contributed by atoms with E-state index in [1.807, 2.05) is 12.1 Å². The highest BCUT2D eigenvalue weighted by Gasteiger charge is 1.86. The molecule has 0 unspecified atom stereocenters. The molecule has 0 saturated heterocycles. The average molecular weight is 145 g/mol. The van der Waals surface area contributed by atoms with Crippen LogP contribution in [-0.2, 0) is 6.42 Å². The second kappa shape index (κ2) is 4.73. The fraction of sp³-hybridized carbons (Fsp3) is 0.182. The fourth-order valence-electron chi connectivity index (χ4n) is 1.01. The lowest BCUT2D eigenvalue weighted by atomic mass is 10.1. The Kier molecular flexibility index (Phi) is 3.46. The first-order chi connectivity index (χ1) is 5.43. The number of aryl methyl sites for hydroxylation is 1. The SMILES string of the molecule is [CH2]C=CCCc1ccccc1. The zero-order chi connectivity index (χ0) is 7.94. The van der Waals surface area contributed by atoms with E-state index in [0.717, 1.165) is 12.8 Å². The van der Waals surface area contributed by atoms with Gasteiger partial charge in [0, 0.05) is 0 Å². The molecule has 0 fully saturated rings. The third-order valence-corrected chi connectivity index (χ3v) is 1.61. The largest absolute Gasteiger partial charge is 0.0882 e. The maximum atomic E-state index is 3.64. The van der Waals surface area contributed by atoms with E-state index in [-0.39, 0.29) is 0 Å². The number of rotatable bonds is 3. The van der Waals surface area contributed by atoms with Crippen LogP contribution in [0.1, 0.15) is 12.0 Å². The summed E-state index contributed by atoms with van der Waals surface area (Å²) >= 11 is 0. The van der Waals surface area contributed by atoms with Crippen molar-refractivity contribution in [3.8, 4) is 0 Å². The van der Waals surface area contributed by atoms with Crippen molar-refractivity contribution < 1.29 is 0 Å². The quantitative estimate of drug-likeness (QED) is 0.613. The number of hydrogen-bond acceptors (Lipinski definition) is 0. The van der Waals surface area contributed by atoms with E-state index in [0.29, 0.717) is 0 Å². The molecular weight excluding hydrogens is 132 g/mol. The van der Waals surface area contributed by atoms with Crippen molar-refractivity contribution in [3.05, 3.63) is 55.0 Å². The summed E-state index contributed by atoms with van der Waals surface area (Å²) in [6, 6.07) is 10.5. The van der Waals surface area contributed by atoms with Crippen LogP contribution in [0.25, 0.3) is 0 Å². The van der Waals surface area contributed by atoms with Gasteiger partial charge in [-0.15, -0.1) is 0 Å². The fourth-order valence-corrected chi connectivity index (χ4v) is 1.01. The molecule has 0 spiro atoms. The Morgan fingerprint density at radius 1 is 1.18 bits per heavy atom. The molecular formula is C11H13. The van der Waals surface area contributed by atoms with E-state index in [2.05, 4.69) is 37.3 Å². The van der Waals surface area contributed by atoms with E-state index in [9.17, 15) is 0 Å². The number of benzene rings is 1. The van der Waals surface area contributed by atoms with Gasteiger partial charge in [-0.2, -0.15) is 0 Å². The van der Waals surface area contributed by atoms with Crippen molar-refractivity contribution in [1.29, 1.82) is 0 Å². The molecule has 0 amide bonds. The Morgan fingerprint density at radius 3 is 2.55 bits per heavy atom. The van der Waals surface area contributed by atoms with Crippen LogP contribution in [0.4, 0.5) is 0 Å². The zero-order valence-corrected chi connectivity index (χ0v) is 6.66. The smallest absolute Gasteiger partial charge is 0.0244 e. The zero-order valence-electron chi connectivity index (χ0n) is 6.66. The molecule has 0 aliphatic rings. The summed E-state index contributed by atoms with van der Waals surface area (Å²) in [6.07, 6.45) is 6.15. The van der Waals surface area contributed by atoms with Crippen molar-refractivity contribution in [2.24, 2.45) is 0 Å². The summed E-state index contributed by atoms with van der Waals surface area (Å²) < 4.78 is 0. The lowest BCUT2D eigenvalue weighted by Gasteiger charge is -1.95. The van der Waals surface area contributed by atoms with Gasteiger partial charge in [-0.3, -0.25) is 0 Å². The van der Waals surface area contributed by atoms with Gasteiger partial charge in [0.15, 0.2) is 0 Å². The van der Waals surface area contributed by atoms with Crippen LogP contribution >= 0.6 is 0 Å². The molecule has 1 aromatic carbocycles. The van der Waals surface area contributed by atoms with Crippen LogP contribution in [0, 0.1) is 6.92 Å². The summed E-state index contributed by atoms with van der Waals surface area (Å²) in [7, 11) is 0. The Bertz CT molecular complexity index is 209. The van der Waals surface area contributed by atoms with Crippen LogP contribution in [-0.4, -0.2) is 0 Å². The Hall–Kier alpha value is -1.04. The van der Waals surface area contributed by atoms with Gasteiger partial charge in [0.25, 0.3) is 0 Å². The Labute approximate surface area is 68.6 Å². The normalized spacial score (nSPS) is 10.6. The number of allylic oxidation sites excluding steroid dienone is 2. The van der Waals surface area contributed by atoms with Crippen molar-refractivity contribution in [2.45, 2.75) is 12.8 Å². The van der Waals surface area contributed by atoms with E-state index >= 15 is 0 Å². The average Bonchev–Trinajstić information content (AvgIpc) is 2.07. The second-order valence-electron chi connectivity index (χ2n) is 2.50. The summed E-state index contributed by atoms with van der Waals surface area (Å²) in [5, 5.41) is 0. The van der Waals surface area contributed by atoms with Crippen molar-refractivity contribution in [1.82, 2.24) is 0 Å². The summed E-state index contributed by atoms with van der Waals surface area (Å²) in [6.45, 7) is 3.64. The lowest BCUT2D eigenvalue weighted by molar-refractivity contribution is 1.00. The Morgan fingerprint density at radius 2 is 1.91 bits per heavy atom. The second-order valence-corrected chi connectivity index (χ2v) is 2.50. The van der Waals surface area contributed by atoms with Crippen LogP contribution in [0.2, 0.25) is 0 Å². The van der Waals surface area contributed by atoms with Crippen LogP contribution in [0.3, 0.4) is 0 Å². The van der Waals surface area contributed by atoms with Gasteiger partial charge in [-0.1, -0.05) is 42.5 Å². The van der Waals surface area contributed by atoms with Crippen molar-refractivity contribution in [2.75, 3.05) is 0 Å². The minimum atomic E-state index is 1.09. The molecule has 0 nitrogen and oxygen atoms in total. The van der Waals surface area contributed by atoms with Crippen molar-refractivity contribution in [3.63, 3.8) is 0 Å². The van der Waals surface area contributed by atoms with Gasteiger partial charge in [-0.05, 0) is 25.3 Å². The standard InChI is InChI=1S/C11H13/c1-2-3-5-8-11-9-6-4-7-10-11/h2-4,6-7,9-10H,1,5,8H2. The molecule has 0 bridgehead atoms. The molecule has 57 valence electrons. The monoisotopic (exact) mass is 145 g/mol. The summed E-state index contributed by atoms with van der Waals surface area (Å²) in [5.41, 5.74) is 1.39. The van der Waals surface area contributed by atoms with E-state index in [1.54, 1.807) is 0 Å². The van der Waals surface area contributed by atoms with E-state index in [1.165, 1.54) is 5.56 Å². The third kappa shape index (κ3) is 3.03. The lowest BCUT2D eigenvalue weighted by Crippen LogP contribution is -1.80. The van der Waals surface area contributed by atoms with Gasteiger partial charge in [0.1, 0.15) is 0 Å². The van der Waals surface area contributed by atoms with E-state index < -0.39 is 0 Å². The molecule has 0 saturated carbocycles. The van der Waals surface area contributed by atoms with Crippen LogP contribution in [0.5, 0.6) is 0 Å². The molecule has 11 heavy (non-hydrogen) atoms. The van der Waals surface area contributed by atoms with Crippen LogP contribution in [0.15, 0.2) is 42.5 Å². The highest BCUT2D eigenvalue weighted by molar-refractivity contribution is 5.15. The molecule has 0 aromatic heterocycles. The molecule has 0 N–H and O–H groups in total. The molecule has 0 heteroatoms. The topological polar surface area (TPSA) is 0 Å². The molecule has 0 atom stereocenters. The minimum Gasteiger partial charge on any atom is -0.0882 e. The van der Waals surface area contributed by atoms with Gasteiger partial charge >= 0.3 is 0 Å². The van der Waals surface area contributed by atoms with Gasteiger partial charge in [0.2, 0.25) is 0 Å². The first-order valence-corrected chi connectivity index (χ1v) is 3.91.